The molecular weight excluding hydrogens is 391 g/mol. The average Bonchev–Trinajstić information content (AvgIpc) is 3.12. The monoisotopic (exact) mass is 414 g/mol. The van der Waals surface area contributed by atoms with Crippen LogP contribution in [-0.4, -0.2) is 36.3 Å². The number of nitrogens with zero attached hydrogens (tertiary/aromatic N) is 2. The molecule has 0 aliphatic carbocycles. The first-order chi connectivity index (χ1) is 14.0. The fraction of sp³-hybridized carbons (Fsp3) is 0.391. The maximum atomic E-state index is 13.4. The topological polar surface area (TPSA) is 40.6 Å². The molecule has 152 valence electrons. The van der Waals surface area contributed by atoms with Gasteiger partial charge in [-0.3, -0.25) is 9.59 Å². The Morgan fingerprint density at radius 2 is 1.83 bits per heavy atom. The van der Waals surface area contributed by atoms with E-state index in [0.717, 1.165) is 32.4 Å². The quantitative estimate of drug-likeness (QED) is 0.747. The van der Waals surface area contributed by atoms with Gasteiger partial charge in [-0.2, -0.15) is 0 Å². The lowest BCUT2D eigenvalue weighted by molar-refractivity contribution is -0.137. The molecule has 0 bridgehead atoms. The van der Waals surface area contributed by atoms with E-state index in [-0.39, 0.29) is 29.2 Å². The van der Waals surface area contributed by atoms with Gasteiger partial charge < -0.3 is 9.80 Å². The van der Waals surface area contributed by atoms with Crippen LogP contribution in [0.25, 0.3) is 0 Å². The van der Waals surface area contributed by atoms with Crippen LogP contribution in [0.15, 0.2) is 48.5 Å². The summed E-state index contributed by atoms with van der Waals surface area (Å²) < 4.78 is 13.4. The fourth-order valence-corrected chi connectivity index (χ4v) is 4.51. The number of amides is 2. The molecule has 2 aromatic carbocycles. The molecule has 6 heteroatoms. The van der Waals surface area contributed by atoms with E-state index in [0.29, 0.717) is 18.2 Å². The number of anilines is 1. The van der Waals surface area contributed by atoms with Crippen molar-refractivity contribution in [3.8, 4) is 0 Å². The van der Waals surface area contributed by atoms with Crippen LogP contribution in [0.3, 0.4) is 0 Å². The highest BCUT2D eigenvalue weighted by Crippen LogP contribution is 2.30. The third-order valence-electron chi connectivity index (χ3n) is 5.98. The summed E-state index contributed by atoms with van der Waals surface area (Å²) in [6.45, 7) is 1.80. The Bertz CT molecular complexity index is 897. The zero-order valence-corrected chi connectivity index (χ0v) is 16.9. The Hall–Kier alpha value is -2.40. The molecule has 4 rings (SSSR count). The van der Waals surface area contributed by atoms with E-state index in [1.807, 2.05) is 11.0 Å². The van der Waals surface area contributed by atoms with Crippen molar-refractivity contribution in [3.05, 3.63) is 64.9 Å². The molecule has 2 fully saturated rings. The van der Waals surface area contributed by atoms with E-state index in [4.69, 9.17) is 11.6 Å². The van der Waals surface area contributed by atoms with Crippen molar-refractivity contribution in [2.75, 3.05) is 24.5 Å². The summed E-state index contributed by atoms with van der Waals surface area (Å²) in [5, 5.41) is -0.0226. The number of likely N-dealkylation sites (tertiary alicyclic amines) is 1. The molecule has 0 aromatic heterocycles. The summed E-state index contributed by atoms with van der Waals surface area (Å²) in [6, 6.07) is 14.7. The van der Waals surface area contributed by atoms with Crippen molar-refractivity contribution in [1.82, 2.24) is 4.90 Å². The number of carbonyl (C=O) groups excluding carboxylic acids is 2. The molecule has 1 unspecified atom stereocenters. The Balaban J connectivity index is 1.33. The second-order valence-electron chi connectivity index (χ2n) is 7.96. The molecule has 1 atom stereocenters. The van der Waals surface area contributed by atoms with Crippen LogP contribution in [0.4, 0.5) is 10.1 Å². The predicted molar refractivity (Wildman–Crippen MR) is 111 cm³/mol. The van der Waals surface area contributed by atoms with Gasteiger partial charge in [0.2, 0.25) is 11.8 Å². The molecule has 2 saturated heterocycles. The van der Waals surface area contributed by atoms with Gasteiger partial charge in [0.05, 0.1) is 10.9 Å². The van der Waals surface area contributed by atoms with Crippen LogP contribution < -0.4 is 4.90 Å². The summed E-state index contributed by atoms with van der Waals surface area (Å²) in [6.07, 6.45) is 3.21. The number of hydrogen-bond donors (Lipinski definition) is 0. The second-order valence-corrected chi connectivity index (χ2v) is 8.37. The van der Waals surface area contributed by atoms with Gasteiger partial charge in [0.25, 0.3) is 0 Å². The van der Waals surface area contributed by atoms with Crippen LogP contribution in [0, 0.1) is 17.7 Å². The van der Waals surface area contributed by atoms with E-state index in [2.05, 4.69) is 24.3 Å². The molecular formula is C23H24ClFN2O2. The molecule has 0 saturated carbocycles. The lowest BCUT2D eigenvalue weighted by atomic mass is 9.89. The maximum Gasteiger partial charge on any atom is 0.228 e. The van der Waals surface area contributed by atoms with Crippen molar-refractivity contribution < 1.29 is 14.0 Å². The van der Waals surface area contributed by atoms with Crippen LogP contribution in [0.1, 0.15) is 24.8 Å². The van der Waals surface area contributed by atoms with Crippen molar-refractivity contribution in [1.29, 1.82) is 0 Å². The van der Waals surface area contributed by atoms with Crippen molar-refractivity contribution >= 4 is 29.1 Å². The standard InChI is InChI=1S/C23H24ClFN2O2/c24-20-14-19(6-7-21(20)25)27-15-18(13-22(27)28)23(29)26-10-8-17(9-11-26)12-16-4-2-1-3-5-16/h1-7,14,17-18H,8-13,15H2. The first-order valence-corrected chi connectivity index (χ1v) is 10.5. The number of hydrogen-bond acceptors (Lipinski definition) is 2. The highest BCUT2D eigenvalue weighted by atomic mass is 35.5. The van der Waals surface area contributed by atoms with E-state index in [1.165, 1.54) is 28.7 Å². The highest BCUT2D eigenvalue weighted by Gasteiger charge is 2.38. The van der Waals surface area contributed by atoms with Gasteiger partial charge in [0.15, 0.2) is 0 Å². The average molecular weight is 415 g/mol. The van der Waals surface area contributed by atoms with Gasteiger partial charge in [-0.05, 0) is 48.9 Å². The van der Waals surface area contributed by atoms with Crippen LogP contribution in [0.5, 0.6) is 0 Å². The number of piperidine rings is 1. The normalized spacial score (nSPS) is 20.3. The summed E-state index contributed by atoms with van der Waals surface area (Å²) in [5.74, 6) is -0.355. The predicted octanol–water partition coefficient (Wildman–Crippen LogP) is 4.31. The smallest absolute Gasteiger partial charge is 0.228 e. The summed E-state index contributed by atoms with van der Waals surface area (Å²) in [7, 11) is 0. The SMILES string of the molecule is O=C(C1CC(=O)N(c2ccc(F)c(Cl)c2)C1)N1CCC(Cc2ccccc2)CC1. The molecule has 0 N–H and O–H groups in total. The van der Waals surface area contributed by atoms with Gasteiger partial charge in [-0.25, -0.2) is 4.39 Å². The molecule has 2 aliphatic heterocycles. The van der Waals surface area contributed by atoms with Gasteiger partial charge in [0, 0.05) is 31.7 Å². The molecule has 2 aromatic rings. The van der Waals surface area contributed by atoms with Gasteiger partial charge >= 0.3 is 0 Å². The van der Waals surface area contributed by atoms with Gasteiger partial charge in [-0.15, -0.1) is 0 Å². The summed E-state index contributed by atoms with van der Waals surface area (Å²) >= 11 is 5.84. The maximum absolute atomic E-state index is 13.4. The second kappa shape index (κ2) is 8.54. The van der Waals surface area contributed by atoms with E-state index >= 15 is 0 Å². The van der Waals surface area contributed by atoms with E-state index < -0.39 is 5.82 Å². The Morgan fingerprint density at radius 3 is 2.52 bits per heavy atom. The zero-order chi connectivity index (χ0) is 20.4. The first kappa shape index (κ1) is 19.9. The Kier molecular flexibility index (Phi) is 5.86. The van der Waals surface area contributed by atoms with Crippen molar-refractivity contribution in [2.24, 2.45) is 11.8 Å². The Morgan fingerprint density at radius 1 is 1.10 bits per heavy atom. The van der Waals surface area contributed by atoms with Crippen molar-refractivity contribution in [2.45, 2.75) is 25.7 Å². The molecule has 0 spiro atoms. The highest BCUT2D eigenvalue weighted by molar-refractivity contribution is 6.31. The number of carbonyl (C=O) groups is 2. The van der Waals surface area contributed by atoms with E-state index in [1.54, 1.807) is 0 Å². The zero-order valence-electron chi connectivity index (χ0n) is 16.2. The summed E-state index contributed by atoms with van der Waals surface area (Å²) in [4.78, 5) is 28.9. The first-order valence-electron chi connectivity index (χ1n) is 10.1. The van der Waals surface area contributed by atoms with E-state index in [9.17, 15) is 14.0 Å². The lowest BCUT2D eigenvalue weighted by Gasteiger charge is -2.33. The van der Waals surface area contributed by atoms with Gasteiger partial charge in [-0.1, -0.05) is 41.9 Å². The minimum absolute atomic E-state index is 0.0226. The molecule has 2 amide bonds. The van der Waals surface area contributed by atoms with Crippen molar-refractivity contribution in [3.63, 3.8) is 0 Å². The third kappa shape index (κ3) is 4.45. The molecule has 4 nitrogen and oxygen atoms in total. The molecule has 2 heterocycles. The summed E-state index contributed by atoms with van der Waals surface area (Å²) in [5.41, 5.74) is 1.88. The minimum Gasteiger partial charge on any atom is -0.342 e. The number of halogens is 2. The largest absolute Gasteiger partial charge is 0.342 e. The molecule has 2 aliphatic rings. The molecule has 0 radical (unpaired) electrons. The fourth-order valence-electron chi connectivity index (χ4n) is 4.34. The number of benzene rings is 2. The lowest BCUT2D eigenvalue weighted by Crippen LogP contribution is -2.42. The number of rotatable bonds is 4. The molecule has 29 heavy (non-hydrogen) atoms. The third-order valence-corrected chi connectivity index (χ3v) is 6.27. The van der Waals surface area contributed by atoms with Crippen LogP contribution in [-0.2, 0) is 16.0 Å². The van der Waals surface area contributed by atoms with Crippen LogP contribution in [0.2, 0.25) is 5.02 Å². The minimum atomic E-state index is -0.520. The Labute approximate surface area is 175 Å². The van der Waals surface area contributed by atoms with Gasteiger partial charge in [0.1, 0.15) is 5.82 Å². The van der Waals surface area contributed by atoms with Crippen LogP contribution >= 0.6 is 11.6 Å².